The number of rotatable bonds is 6. The van der Waals surface area contributed by atoms with Crippen LogP contribution in [0.2, 0.25) is 0 Å². The Morgan fingerprint density at radius 2 is 2.05 bits per heavy atom. The molecule has 1 atom stereocenters. The van der Waals surface area contributed by atoms with Crippen molar-refractivity contribution in [1.29, 1.82) is 0 Å². The maximum absolute atomic E-state index is 4.31. The van der Waals surface area contributed by atoms with Crippen LogP contribution in [0.1, 0.15) is 44.0 Å². The van der Waals surface area contributed by atoms with Crippen LogP contribution in [-0.4, -0.2) is 32.3 Å². The number of aromatic nitrogens is 3. The van der Waals surface area contributed by atoms with Gasteiger partial charge < -0.3 is 4.57 Å². The molecule has 0 bridgehead atoms. The van der Waals surface area contributed by atoms with E-state index in [0.717, 1.165) is 18.9 Å². The van der Waals surface area contributed by atoms with Gasteiger partial charge in [0, 0.05) is 12.6 Å². The Bertz CT molecular complexity index is 563. The molecular weight excluding hydrogens is 272 g/mol. The second-order valence-corrected chi connectivity index (χ2v) is 6.18. The van der Waals surface area contributed by atoms with Crippen molar-refractivity contribution in [2.24, 2.45) is 0 Å². The van der Waals surface area contributed by atoms with Gasteiger partial charge in [0.2, 0.25) is 0 Å². The van der Waals surface area contributed by atoms with E-state index in [9.17, 15) is 0 Å². The molecule has 1 fully saturated rings. The Kier molecular flexibility index (Phi) is 5.22. The van der Waals surface area contributed by atoms with Gasteiger partial charge in [-0.25, -0.2) is 0 Å². The number of hydrogen-bond acceptors (Lipinski definition) is 3. The van der Waals surface area contributed by atoms with Gasteiger partial charge in [-0.3, -0.25) is 4.90 Å². The number of piperidine rings is 1. The van der Waals surface area contributed by atoms with E-state index in [2.05, 4.69) is 56.9 Å². The lowest BCUT2D eigenvalue weighted by Gasteiger charge is -2.35. The molecule has 0 spiro atoms. The van der Waals surface area contributed by atoms with Crippen LogP contribution in [0, 0.1) is 0 Å². The van der Waals surface area contributed by atoms with Crippen LogP contribution in [0.25, 0.3) is 0 Å². The monoisotopic (exact) mass is 298 g/mol. The number of nitrogens with zero attached hydrogens (tertiary/aromatic N) is 4. The standard InChI is InChI=1S/C18H26N4/c1-2-21-15-19-20-18(21)14-22-13-7-6-10-17(22)12-11-16-8-4-3-5-9-16/h3-5,8-9,15,17H,2,6-7,10-14H2,1H3. The van der Waals surface area contributed by atoms with Gasteiger partial charge in [0.15, 0.2) is 0 Å². The van der Waals surface area contributed by atoms with Crippen molar-refractivity contribution in [3.05, 3.63) is 48.0 Å². The summed E-state index contributed by atoms with van der Waals surface area (Å²) in [7, 11) is 0. The normalized spacial score (nSPS) is 19.4. The Labute approximate surface area is 133 Å². The van der Waals surface area contributed by atoms with Crippen LogP contribution < -0.4 is 0 Å². The third-order valence-corrected chi connectivity index (χ3v) is 4.74. The van der Waals surface area contributed by atoms with Crippen molar-refractivity contribution >= 4 is 0 Å². The summed E-state index contributed by atoms with van der Waals surface area (Å²) >= 11 is 0. The summed E-state index contributed by atoms with van der Waals surface area (Å²) in [5.41, 5.74) is 1.45. The van der Waals surface area contributed by atoms with Crippen molar-refractivity contribution in [2.75, 3.05) is 6.54 Å². The summed E-state index contributed by atoms with van der Waals surface area (Å²) in [6, 6.07) is 11.5. The largest absolute Gasteiger partial charge is 0.317 e. The average Bonchev–Trinajstić information content (AvgIpc) is 3.02. The van der Waals surface area contributed by atoms with E-state index in [0.29, 0.717) is 6.04 Å². The minimum Gasteiger partial charge on any atom is -0.317 e. The zero-order valence-corrected chi connectivity index (χ0v) is 13.5. The summed E-state index contributed by atoms with van der Waals surface area (Å²) in [5, 5.41) is 8.37. The Balaban J connectivity index is 1.61. The van der Waals surface area contributed by atoms with Crippen LogP contribution in [0.4, 0.5) is 0 Å². The van der Waals surface area contributed by atoms with E-state index >= 15 is 0 Å². The average molecular weight is 298 g/mol. The molecule has 3 rings (SSSR count). The highest BCUT2D eigenvalue weighted by Gasteiger charge is 2.23. The number of likely N-dealkylation sites (tertiary alicyclic amines) is 1. The quantitative estimate of drug-likeness (QED) is 0.820. The highest BCUT2D eigenvalue weighted by molar-refractivity contribution is 5.14. The molecular formula is C18H26N4. The molecule has 118 valence electrons. The number of aryl methyl sites for hydroxylation is 2. The fraction of sp³-hybridized carbons (Fsp3) is 0.556. The van der Waals surface area contributed by atoms with E-state index < -0.39 is 0 Å². The Hall–Kier alpha value is -1.68. The van der Waals surface area contributed by atoms with Crippen LogP contribution in [-0.2, 0) is 19.5 Å². The van der Waals surface area contributed by atoms with Crippen molar-refractivity contribution < 1.29 is 0 Å². The first-order valence-electron chi connectivity index (χ1n) is 8.51. The van der Waals surface area contributed by atoms with Crippen LogP contribution >= 0.6 is 0 Å². The van der Waals surface area contributed by atoms with Gasteiger partial charge in [-0.1, -0.05) is 36.8 Å². The second-order valence-electron chi connectivity index (χ2n) is 6.18. The van der Waals surface area contributed by atoms with E-state index in [-0.39, 0.29) is 0 Å². The molecule has 0 aliphatic carbocycles. The fourth-order valence-electron chi connectivity index (χ4n) is 3.42. The number of hydrogen-bond donors (Lipinski definition) is 0. The summed E-state index contributed by atoms with van der Waals surface area (Å²) in [6.45, 7) is 5.23. The molecule has 1 aromatic heterocycles. The Morgan fingerprint density at radius 1 is 1.18 bits per heavy atom. The van der Waals surface area contributed by atoms with Crippen molar-refractivity contribution in [1.82, 2.24) is 19.7 Å². The van der Waals surface area contributed by atoms with Crippen LogP contribution in [0.15, 0.2) is 36.7 Å². The summed E-state index contributed by atoms with van der Waals surface area (Å²) < 4.78 is 2.16. The molecule has 0 N–H and O–H groups in total. The second kappa shape index (κ2) is 7.54. The van der Waals surface area contributed by atoms with Crippen molar-refractivity contribution in [3.8, 4) is 0 Å². The molecule has 2 heterocycles. The molecule has 4 nitrogen and oxygen atoms in total. The summed E-state index contributed by atoms with van der Waals surface area (Å²) in [6.07, 6.45) is 8.23. The van der Waals surface area contributed by atoms with E-state index in [4.69, 9.17) is 0 Å². The zero-order valence-electron chi connectivity index (χ0n) is 13.5. The Morgan fingerprint density at radius 3 is 2.86 bits per heavy atom. The third kappa shape index (κ3) is 3.74. The molecule has 2 aromatic rings. The lowest BCUT2D eigenvalue weighted by molar-refractivity contribution is 0.127. The van der Waals surface area contributed by atoms with Crippen LogP contribution in [0.3, 0.4) is 0 Å². The first kappa shape index (κ1) is 15.2. The summed E-state index contributed by atoms with van der Waals surface area (Å²) in [4.78, 5) is 2.61. The first-order valence-corrected chi connectivity index (χ1v) is 8.51. The van der Waals surface area contributed by atoms with Crippen molar-refractivity contribution in [2.45, 2.75) is 58.2 Å². The predicted octanol–water partition coefficient (Wildman–Crippen LogP) is 3.29. The molecule has 0 radical (unpaired) electrons. The molecule has 1 aliphatic heterocycles. The van der Waals surface area contributed by atoms with Gasteiger partial charge in [0.05, 0.1) is 6.54 Å². The van der Waals surface area contributed by atoms with Gasteiger partial charge in [-0.05, 0) is 44.7 Å². The smallest absolute Gasteiger partial charge is 0.147 e. The van der Waals surface area contributed by atoms with Crippen molar-refractivity contribution in [3.63, 3.8) is 0 Å². The molecule has 1 unspecified atom stereocenters. The SMILES string of the molecule is CCn1cnnc1CN1CCCCC1CCc1ccccc1. The van der Waals surface area contributed by atoms with E-state index in [1.807, 2.05) is 6.33 Å². The predicted molar refractivity (Wildman–Crippen MR) is 88.5 cm³/mol. The molecule has 1 aliphatic rings. The first-order chi connectivity index (χ1) is 10.9. The van der Waals surface area contributed by atoms with Gasteiger partial charge in [-0.2, -0.15) is 0 Å². The molecule has 0 saturated carbocycles. The van der Waals surface area contributed by atoms with Gasteiger partial charge >= 0.3 is 0 Å². The third-order valence-electron chi connectivity index (χ3n) is 4.74. The maximum Gasteiger partial charge on any atom is 0.147 e. The highest BCUT2D eigenvalue weighted by atomic mass is 15.3. The minimum atomic E-state index is 0.677. The van der Waals surface area contributed by atoms with Gasteiger partial charge in [0.1, 0.15) is 12.2 Å². The molecule has 4 heteroatoms. The molecule has 1 saturated heterocycles. The topological polar surface area (TPSA) is 34.0 Å². The van der Waals surface area contributed by atoms with E-state index in [1.54, 1.807) is 0 Å². The molecule has 0 amide bonds. The lowest BCUT2D eigenvalue weighted by atomic mass is 9.96. The van der Waals surface area contributed by atoms with Gasteiger partial charge in [-0.15, -0.1) is 10.2 Å². The lowest BCUT2D eigenvalue weighted by Crippen LogP contribution is -2.39. The molecule has 1 aromatic carbocycles. The van der Waals surface area contributed by atoms with Crippen LogP contribution in [0.5, 0.6) is 0 Å². The zero-order chi connectivity index (χ0) is 15.2. The minimum absolute atomic E-state index is 0.677. The van der Waals surface area contributed by atoms with E-state index in [1.165, 1.54) is 44.2 Å². The maximum atomic E-state index is 4.31. The number of benzene rings is 1. The fourth-order valence-corrected chi connectivity index (χ4v) is 3.42. The van der Waals surface area contributed by atoms with Gasteiger partial charge in [0.25, 0.3) is 0 Å². The molecule has 22 heavy (non-hydrogen) atoms. The highest BCUT2D eigenvalue weighted by Crippen LogP contribution is 2.23. The summed E-state index contributed by atoms with van der Waals surface area (Å²) in [5.74, 6) is 1.11.